The topological polar surface area (TPSA) is 112 Å². The van der Waals surface area contributed by atoms with Crippen molar-refractivity contribution in [2.24, 2.45) is 5.92 Å². The highest BCUT2D eigenvalue weighted by molar-refractivity contribution is 7.22. The van der Waals surface area contributed by atoms with E-state index in [-0.39, 0.29) is 11.8 Å². The Labute approximate surface area is 171 Å². The van der Waals surface area contributed by atoms with Gasteiger partial charge in [-0.15, -0.1) is 0 Å². The van der Waals surface area contributed by atoms with E-state index in [9.17, 15) is 4.79 Å². The lowest BCUT2D eigenvalue weighted by atomic mass is 10.1. The second-order valence-electron chi connectivity index (χ2n) is 6.63. The lowest BCUT2D eigenvalue weighted by Gasteiger charge is -2.21. The third kappa shape index (κ3) is 3.77. The van der Waals surface area contributed by atoms with Crippen LogP contribution < -0.4 is 16.2 Å². The molecule has 0 unspecified atom stereocenters. The molecule has 4 rings (SSSR count). The normalized spacial score (nSPS) is 18.6. The fraction of sp³-hybridized carbons (Fsp3) is 0.316. The number of anilines is 1. The number of benzene rings is 1. The number of nitriles is 1. The van der Waals surface area contributed by atoms with Crippen LogP contribution in [0.2, 0.25) is 0 Å². The number of allylic oxidation sites excluding steroid dienone is 2. The summed E-state index contributed by atoms with van der Waals surface area (Å²) in [5.74, 6) is 0.860. The molecule has 2 aliphatic rings. The molecule has 2 aliphatic heterocycles. The molecule has 1 amide bonds. The van der Waals surface area contributed by atoms with Crippen molar-refractivity contribution in [3.63, 3.8) is 0 Å². The Morgan fingerprint density at radius 2 is 2.24 bits per heavy atom. The standard InChI is InChI=1S/C19H20N6O3S/c1-27-16-8-13(18(28-2)24-23-16)11-3-4-14-15(7-11)29-19(21-14)22-17(26)12-5-6-25(9-12)10-20/h3-4,7-8,12,23-24H,5-6,9H2,1-2H3,(H,21,22,26)/t12-/m0/s1. The Hall–Kier alpha value is -3.45. The van der Waals surface area contributed by atoms with Crippen molar-refractivity contribution in [1.29, 1.82) is 5.26 Å². The van der Waals surface area contributed by atoms with Gasteiger partial charge in [-0.2, -0.15) is 5.26 Å². The molecule has 0 radical (unpaired) electrons. The number of likely N-dealkylation sites (tertiary alicyclic amines) is 1. The monoisotopic (exact) mass is 412 g/mol. The van der Waals surface area contributed by atoms with Gasteiger partial charge in [0.05, 0.1) is 30.4 Å². The Balaban J connectivity index is 1.57. The number of nitrogens with one attached hydrogen (secondary N) is 3. The van der Waals surface area contributed by atoms with E-state index in [2.05, 4.69) is 27.3 Å². The molecule has 29 heavy (non-hydrogen) atoms. The van der Waals surface area contributed by atoms with E-state index in [0.717, 1.165) is 21.4 Å². The van der Waals surface area contributed by atoms with Gasteiger partial charge in [-0.25, -0.2) is 4.98 Å². The van der Waals surface area contributed by atoms with E-state index in [1.165, 1.54) is 11.3 Å². The molecule has 150 valence electrons. The number of carbonyl (C=O) groups excluding carboxylic acids is 1. The molecule has 10 heteroatoms. The molecule has 3 heterocycles. The maximum Gasteiger partial charge on any atom is 0.231 e. The third-order valence-corrected chi connectivity index (χ3v) is 5.81. The summed E-state index contributed by atoms with van der Waals surface area (Å²) in [5, 5.41) is 12.4. The summed E-state index contributed by atoms with van der Waals surface area (Å²) in [6.07, 6.45) is 4.62. The summed E-state index contributed by atoms with van der Waals surface area (Å²) in [4.78, 5) is 18.6. The molecular formula is C19H20N6O3S. The number of fused-ring (bicyclic) bond motifs is 1. The molecule has 0 aliphatic carbocycles. The first-order valence-electron chi connectivity index (χ1n) is 9.03. The number of methoxy groups -OCH3 is 2. The molecule has 0 spiro atoms. The van der Waals surface area contributed by atoms with E-state index < -0.39 is 0 Å². The van der Waals surface area contributed by atoms with Gasteiger partial charge in [-0.05, 0) is 24.1 Å². The Bertz CT molecular complexity index is 1050. The number of nitrogens with zero attached hydrogens (tertiary/aromatic N) is 3. The fourth-order valence-corrected chi connectivity index (χ4v) is 4.23. The molecule has 3 N–H and O–H groups in total. The van der Waals surface area contributed by atoms with Crippen LogP contribution in [0.1, 0.15) is 12.0 Å². The van der Waals surface area contributed by atoms with Crippen molar-refractivity contribution in [3.05, 3.63) is 41.6 Å². The van der Waals surface area contributed by atoms with Crippen LogP contribution in [0, 0.1) is 17.4 Å². The van der Waals surface area contributed by atoms with Crippen LogP contribution in [0.3, 0.4) is 0 Å². The van der Waals surface area contributed by atoms with Gasteiger partial charge in [0.15, 0.2) is 11.3 Å². The smallest absolute Gasteiger partial charge is 0.231 e. The first-order valence-corrected chi connectivity index (χ1v) is 9.85. The number of hydrogen-bond donors (Lipinski definition) is 3. The molecule has 1 saturated heterocycles. The van der Waals surface area contributed by atoms with Crippen LogP contribution in [0.15, 0.2) is 36.0 Å². The summed E-state index contributed by atoms with van der Waals surface area (Å²) in [5.41, 5.74) is 8.42. The first kappa shape index (κ1) is 18.9. The minimum atomic E-state index is -0.190. The molecule has 1 aromatic heterocycles. The summed E-state index contributed by atoms with van der Waals surface area (Å²) >= 11 is 1.41. The van der Waals surface area contributed by atoms with Gasteiger partial charge in [0.2, 0.25) is 17.7 Å². The van der Waals surface area contributed by atoms with Crippen molar-refractivity contribution in [3.8, 4) is 6.19 Å². The predicted molar refractivity (Wildman–Crippen MR) is 109 cm³/mol. The average molecular weight is 412 g/mol. The zero-order valence-corrected chi connectivity index (χ0v) is 16.8. The summed E-state index contributed by atoms with van der Waals surface area (Å²) < 4.78 is 11.6. The lowest BCUT2D eigenvalue weighted by Crippen LogP contribution is -2.35. The number of rotatable bonds is 5. The van der Waals surface area contributed by atoms with Crippen LogP contribution >= 0.6 is 11.3 Å². The maximum atomic E-state index is 12.5. The van der Waals surface area contributed by atoms with Gasteiger partial charge in [-0.1, -0.05) is 17.4 Å². The first-order chi connectivity index (χ1) is 14.1. The number of carbonyl (C=O) groups is 1. The zero-order valence-electron chi connectivity index (χ0n) is 16.0. The van der Waals surface area contributed by atoms with Gasteiger partial charge in [0.25, 0.3) is 0 Å². The van der Waals surface area contributed by atoms with Crippen molar-refractivity contribution in [1.82, 2.24) is 20.7 Å². The third-order valence-electron chi connectivity index (χ3n) is 4.87. The van der Waals surface area contributed by atoms with Gasteiger partial charge in [0, 0.05) is 24.7 Å². The number of hydrazine groups is 1. The van der Waals surface area contributed by atoms with Gasteiger partial charge in [0.1, 0.15) is 0 Å². The zero-order chi connectivity index (χ0) is 20.4. The van der Waals surface area contributed by atoms with Crippen LogP contribution in [0.25, 0.3) is 15.8 Å². The minimum Gasteiger partial charge on any atom is -0.481 e. The average Bonchev–Trinajstić information content (AvgIpc) is 3.39. The summed E-state index contributed by atoms with van der Waals surface area (Å²) in [7, 11) is 3.17. The molecular weight excluding hydrogens is 392 g/mol. The summed E-state index contributed by atoms with van der Waals surface area (Å²) in [6, 6.07) is 5.85. The van der Waals surface area contributed by atoms with Crippen molar-refractivity contribution < 1.29 is 14.3 Å². The SMILES string of the molecule is COC1=CC(c2ccc3nc(NC(=O)[C@H]4CCN(C#N)C4)sc3c2)=C(OC)NN1. The Morgan fingerprint density at radius 1 is 1.38 bits per heavy atom. The number of thiazole rings is 1. The van der Waals surface area contributed by atoms with Gasteiger partial charge in [-0.3, -0.25) is 15.6 Å². The van der Waals surface area contributed by atoms with Crippen LogP contribution in [-0.2, 0) is 14.3 Å². The van der Waals surface area contributed by atoms with Crippen molar-refractivity contribution >= 4 is 38.2 Å². The fourth-order valence-electron chi connectivity index (χ4n) is 3.32. The molecule has 0 bridgehead atoms. The highest BCUT2D eigenvalue weighted by atomic mass is 32.1. The highest BCUT2D eigenvalue weighted by Gasteiger charge is 2.28. The molecule has 1 fully saturated rings. The number of aromatic nitrogens is 1. The largest absolute Gasteiger partial charge is 0.481 e. The van der Waals surface area contributed by atoms with Crippen molar-refractivity contribution in [2.75, 3.05) is 32.6 Å². The molecule has 1 atom stereocenters. The summed E-state index contributed by atoms with van der Waals surface area (Å²) in [6.45, 7) is 1.08. The van der Waals surface area contributed by atoms with E-state index in [1.807, 2.05) is 24.3 Å². The number of hydrogen-bond acceptors (Lipinski definition) is 9. The predicted octanol–water partition coefficient (Wildman–Crippen LogP) is 1.95. The highest BCUT2D eigenvalue weighted by Crippen LogP contribution is 2.31. The molecule has 0 saturated carbocycles. The van der Waals surface area contributed by atoms with Crippen LogP contribution in [-0.4, -0.2) is 43.1 Å². The number of amides is 1. The van der Waals surface area contributed by atoms with Crippen LogP contribution in [0.4, 0.5) is 5.13 Å². The van der Waals surface area contributed by atoms with E-state index in [0.29, 0.717) is 36.4 Å². The lowest BCUT2D eigenvalue weighted by molar-refractivity contribution is -0.119. The molecule has 1 aromatic carbocycles. The van der Waals surface area contributed by atoms with E-state index in [4.69, 9.17) is 14.7 Å². The van der Waals surface area contributed by atoms with E-state index >= 15 is 0 Å². The molecule has 9 nitrogen and oxygen atoms in total. The second kappa shape index (κ2) is 7.89. The Morgan fingerprint density at radius 3 is 2.97 bits per heavy atom. The quantitative estimate of drug-likeness (QED) is 0.639. The van der Waals surface area contributed by atoms with Gasteiger partial charge >= 0.3 is 0 Å². The maximum absolute atomic E-state index is 12.5. The van der Waals surface area contributed by atoms with E-state index in [1.54, 1.807) is 19.1 Å². The number of ether oxygens (including phenoxy) is 2. The van der Waals surface area contributed by atoms with Crippen molar-refractivity contribution in [2.45, 2.75) is 6.42 Å². The van der Waals surface area contributed by atoms with Gasteiger partial charge < -0.3 is 19.7 Å². The Kier molecular flexibility index (Phi) is 5.14. The minimum absolute atomic E-state index is 0.0957. The molecule has 2 aromatic rings. The van der Waals surface area contributed by atoms with Crippen LogP contribution in [0.5, 0.6) is 0 Å². The second-order valence-corrected chi connectivity index (χ2v) is 7.66.